The van der Waals surface area contributed by atoms with Gasteiger partial charge in [-0.25, -0.2) is 0 Å². The first-order chi connectivity index (χ1) is 11.9. The topological polar surface area (TPSA) is 100 Å². The molecule has 0 unspecified atom stereocenters. The second-order valence-corrected chi connectivity index (χ2v) is 6.50. The van der Waals surface area contributed by atoms with Crippen molar-refractivity contribution in [1.82, 2.24) is 0 Å². The molecule has 2 aromatic rings. The molecule has 0 amide bonds. The van der Waals surface area contributed by atoms with Gasteiger partial charge in [0.1, 0.15) is 41.0 Å². The monoisotopic (exact) mass is 366 g/mol. The molecule has 4 atom stereocenters. The molecule has 0 bridgehead atoms. The molecule has 1 aliphatic carbocycles. The van der Waals surface area contributed by atoms with Gasteiger partial charge in [-0.1, -0.05) is 12.1 Å². The van der Waals surface area contributed by atoms with Crippen LogP contribution in [0.5, 0.6) is 5.75 Å². The highest BCUT2D eigenvalue weighted by molar-refractivity contribution is 6.21. The van der Waals surface area contributed by atoms with Crippen molar-refractivity contribution in [2.45, 2.75) is 36.5 Å². The van der Waals surface area contributed by atoms with Crippen LogP contribution in [0.3, 0.4) is 0 Å². The van der Waals surface area contributed by atoms with Crippen LogP contribution in [0.4, 0.5) is 0 Å². The van der Waals surface area contributed by atoms with E-state index in [1.165, 1.54) is 6.07 Å². The van der Waals surface area contributed by atoms with E-state index in [0.29, 0.717) is 18.6 Å². The first-order valence-electron chi connectivity index (χ1n) is 7.90. The Labute approximate surface area is 149 Å². The first kappa shape index (κ1) is 17.9. The van der Waals surface area contributed by atoms with Gasteiger partial charge in [0, 0.05) is 12.5 Å². The third-order valence-corrected chi connectivity index (χ3v) is 4.86. The minimum Gasteiger partial charge on any atom is -0.497 e. The van der Waals surface area contributed by atoms with Crippen molar-refractivity contribution in [3.8, 4) is 5.75 Å². The Bertz CT molecular complexity index is 800. The second-order valence-electron chi connectivity index (χ2n) is 6.03. The fraction of sp³-hybridized carbons (Fsp3) is 0.389. The van der Waals surface area contributed by atoms with E-state index in [1.54, 1.807) is 7.11 Å². The molecular weight excluding hydrogens is 348 g/mol. The molecule has 0 spiro atoms. The Morgan fingerprint density at radius 1 is 1.12 bits per heavy atom. The number of fused-ring (bicyclic) bond motifs is 1. The molecule has 1 aromatic carbocycles. The lowest BCUT2D eigenvalue weighted by atomic mass is 9.88. The van der Waals surface area contributed by atoms with Gasteiger partial charge in [-0.2, -0.15) is 0 Å². The quantitative estimate of drug-likeness (QED) is 0.709. The third-order valence-electron chi connectivity index (χ3n) is 4.40. The summed E-state index contributed by atoms with van der Waals surface area (Å²) in [5, 5.41) is 28.6. The molecule has 7 heteroatoms. The Balaban J connectivity index is 1.84. The summed E-state index contributed by atoms with van der Waals surface area (Å²) in [5.41, 5.74) is 0.486. The predicted molar refractivity (Wildman–Crippen MR) is 90.9 cm³/mol. The summed E-state index contributed by atoms with van der Waals surface area (Å²) in [6, 6.07) is 8.83. The number of methoxy groups -OCH3 is 1. The van der Waals surface area contributed by atoms with Crippen molar-refractivity contribution in [2.24, 2.45) is 0 Å². The lowest BCUT2D eigenvalue weighted by Crippen LogP contribution is -2.42. The molecule has 1 heterocycles. The molecule has 3 N–H and O–H groups in total. The molecule has 134 valence electrons. The minimum absolute atomic E-state index is 0.0178. The highest BCUT2D eigenvalue weighted by Crippen LogP contribution is 2.39. The van der Waals surface area contributed by atoms with Crippen molar-refractivity contribution in [2.75, 3.05) is 7.11 Å². The number of rotatable bonds is 4. The van der Waals surface area contributed by atoms with Gasteiger partial charge >= 0.3 is 0 Å². The zero-order chi connectivity index (χ0) is 18.1. The summed E-state index contributed by atoms with van der Waals surface area (Å²) in [7, 11) is 1.60. The molecule has 3 rings (SSSR count). The Morgan fingerprint density at radius 2 is 1.80 bits per heavy atom. The number of ether oxygens (including phenoxy) is 1. The maximum atomic E-state index is 12.3. The standard InChI is InChI=1S/C18H19ClO6/c1-24-10-5-2-9(3-6-10)4-7-11-8-12(20)13-15(21)17(23)16(22)14(19)18(13)25-11/h2-3,5-6,8,14-17,21-23H,4,7H2,1H3/t14-,15-,16+,17-/m1/s1. The average molecular weight is 367 g/mol. The van der Waals surface area contributed by atoms with Crippen LogP contribution in [0.25, 0.3) is 0 Å². The lowest BCUT2D eigenvalue weighted by Gasteiger charge is -2.32. The number of aryl methyl sites for hydroxylation is 2. The van der Waals surface area contributed by atoms with E-state index in [2.05, 4.69) is 0 Å². The van der Waals surface area contributed by atoms with E-state index < -0.39 is 29.1 Å². The second kappa shape index (κ2) is 7.17. The fourth-order valence-electron chi connectivity index (χ4n) is 2.94. The van der Waals surface area contributed by atoms with E-state index in [9.17, 15) is 20.1 Å². The van der Waals surface area contributed by atoms with E-state index in [1.807, 2.05) is 24.3 Å². The molecule has 0 aliphatic heterocycles. The predicted octanol–water partition coefficient (Wildman–Crippen LogP) is 1.48. The summed E-state index contributed by atoms with van der Waals surface area (Å²) in [6.45, 7) is 0. The third kappa shape index (κ3) is 3.43. The summed E-state index contributed by atoms with van der Waals surface area (Å²) in [4.78, 5) is 12.3. The molecule has 1 aromatic heterocycles. The van der Waals surface area contributed by atoms with Crippen molar-refractivity contribution in [1.29, 1.82) is 0 Å². The lowest BCUT2D eigenvalue weighted by molar-refractivity contribution is -0.0756. The van der Waals surface area contributed by atoms with Gasteiger partial charge in [0.25, 0.3) is 0 Å². The summed E-state index contributed by atoms with van der Waals surface area (Å²) in [5.74, 6) is 1.18. The molecule has 25 heavy (non-hydrogen) atoms. The Kier molecular flexibility index (Phi) is 5.15. The van der Waals surface area contributed by atoms with Crippen molar-refractivity contribution in [3.05, 3.63) is 63.2 Å². The minimum atomic E-state index is -1.52. The average Bonchev–Trinajstić information content (AvgIpc) is 2.62. The highest BCUT2D eigenvalue weighted by Gasteiger charge is 2.43. The van der Waals surface area contributed by atoms with Crippen LogP contribution < -0.4 is 10.2 Å². The number of aliphatic hydroxyl groups is 3. The zero-order valence-corrected chi connectivity index (χ0v) is 14.3. The van der Waals surface area contributed by atoms with E-state index >= 15 is 0 Å². The summed E-state index contributed by atoms with van der Waals surface area (Å²) >= 11 is 6.08. The SMILES string of the molecule is COc1ccc(CCc2cc(=O)c3c(o2)[C@H](Cl)[C@H](O)[C@H](O)[C@@H]3O)cc1. The molecule has 0 fully saturated rings. The number of hydrogen-bond acceptors (Lipinski definition) is 6. The highest BCUT2D eigenvalue weighted by atomic mass is 35.5. The number of halogens is 1. The Morgan fingerprint density at radius 3 is 2.44 bits per heavy atom. The van der Waals surface area contributed by atoms with Crippen LogP contribution in [0.1, 0.15) is 34.1 Å². The van der Waals surface area contributed by atoms with Crippen LogP contribution in [0.2, 0.25) is 0 Å². The largest absolute Gasteiger partial charge is 0.497 e. The molecule has 1 aliphatic rings. The maximum Gasteiger partial charge on any atom is 0.191 e. The van der Waals surface area contributed by atoms with Crippen molar-refractivity contribution in [3.63, 3.8) is 0 Å². The first-order valence-corrected chi connectivity index (χ1v) is 8.34. The number of alkyl halides is 1. The van der Waals surface area contributed by atoms with Gasteiger partial charge in [0.2, 0.25) is 0 Å². The van der Waals surface area contributed by atoms with Crippen LogP contribution >= 0.6 is 11.6 Å². The maximum absolute atomic E-state index is 12.3. The van der Waals surface area contributed by atoms with Gasteiger partial charge in [0.15, 0.2) is 5.43 Å². The molecule has 0 radical (unpaired) electrons. The van der Waals surface area contributed by atoms with Crippen LogP contribution in [-0.4, -0.2) is 34.6 Å². The van der Waals surface area contributed by atoms with Crippen molar-refractivity contribution >= 4 is 11.6 Å². The van der Waals surface area contributed by atoms with Gasteiger partial charge in [-0.15, -0.1) is 11.6 Å². The Hall–Kier alpha value is -1.86. The van der Waals surface area contributed by atoms with Crippen LogP contribution in [0, 0.1) is 0 Å². The van der Waals surface area contributed by atoms with Gasteiger partial charge < -0.3 is 24.5 Å². The fourth-order valence-corrected chi connectivity index (χ4v) is 3.25. The molecule has 0 saturated heterocycles. The van der Waals surface area contributed by atoms with Crippen LogP contribution in [0.15, 0.2) is 39.5 Å². The van der Waals surface area contributed by atoms with Crippen LogP contribution in [-0.2, 0) is 12.8 Å². The molecule has 0 saturated carbocycles. The smallest absolute Gasteiger partial charge is 0.191 e. The number of aliphatic hydroxyl groups excluding tert-OH is 3. The van der Waals surface area contributed by atoms with Gasteiger partial charge in [0.05, 0.1) is 12.7 Å². The zero-order valence-electron chi connectivity index (χ0n) is 13.6. The van der Waals surface area contributed by atoms with Gasteiger partial charge in [-0.3, -0.25) is 4.79 Å². The van der Waals surface area contributed by atoms with Crippen molar-refractivity contribution < 1.29 is 24.5 Å². The van der Waals surface area contributed by atoms with E-state index in [0.717, 1.165) is 11.3 Å². The number of benzene rings is 1. The summed E-state index contributed by atoms with van der Waals surface area (Å²) in [6.07, 6.45) is -3.38. The van der Waals surface area contributed by atoms with Gasteiger partial charge in [-0.05, 0) is 24.1 Å². The molecular formula is C18H19ClO6. The normalized spacial score (nSPS) is 25.5. The number of hydrogen-bond donors (Lipinski definition) is 3. The molecule has 6 nitrogen and oxygen atoms in total. The summed E-state index contributed by atoms with van der Waals surface area (Å²) < 4.78 is 10.8. The van der Waals surface area contributed by atoms with E-state index in [4.69, 9.17) is 20.8 Å². The van der Waals surface area contributed by atoms with E-state index in [-0.39, 0.29) is 11.3 Å².